The van der Waals surface area contributed by atoms with Crippen LogP contribution in [0.1, 0.15) is 31.4 Å². The number of amides is 2. The summed E-state index contributed by atoms with van der Waals surface area (Å²) in [6.45, 7) is 1.74. The summed E-state index contributed by atoms with van der Waals surface area (Å²) in [5.74, 6) is -2.70. The number of urea groups is 1. The molecule has 0 aromatic heterocycles. The molecule has 2 rings (SSSR count). The van der Waals surface area contributed by atoms with Gasteiger partial charge in [-0.15, -0.1) is 0 Å². The van der Waals surface area contributed by atoms with Crippen LogP contribution in [-0.4, -0.2) is 38.4 Å². The number of benzene rings is 1. The summed E-state index contributed by atoms with van der Waals surface area (Å²) in [5.41, 5.74) is 0.688. The minimum absolute atomic E-state index is 0.00983. The van der Waals surface area contributed by atoms with Crippen LogP contribution in [-0.2, 0) is 10.0 Å². The van der Waals surface area contributed by atoms with E-state index in [1.165, 1.54) is 17.0 Å². The van der Waals surface area contributed by atoms with Crippen molar-refractivity contribution >= 4 is 16.1 Å². The number of primary sulfonamides is 1. The Balaban J connectivity index is 1.96. The van der Waals surface area contributed by atoms with Crippen LogP contribution in [0.25, 0.3) is 0 Å². The van der Waals surface area contributed by atoms with Crippen LogP contribution in [0.15, 0.2) is 29.2 Å². The molecule has 1 aliphatic rings. The number of carbonyl (C=O) groups excluding carboxylic acids is 1. The molecule has 1 saturated heterocycles. The highest BCUT2D eigenvalue weighted by Crippen LogP contribution is 2.27. The van der Waals surface area contributed by atoms with Gasteiger partial charge >= 0.3 is 6.03 Å². The van der Waals surface area contributed by atoms with Crippen LogP contribution >= 0.6 is 0 Å². The van der Waals surface area contributed by atoms with E-state index < -0.39 is 22.0 Å². The van der Waals surface area contributed by atoms with E-state index >= 15 is 0 Å². The second-order valence-electron chi connectivity index (χ2n) is 5.63. The summed E-state index contributed by atoms with van der Waals surface area (Å²) in [6.07, 6.45) is -0.671. The molecule has 2 amide bonds. The predicted molar refractivity (Wildman–Crippen MR) is 80.5 cm³/mol. The molecule has 23 heavy (non-hydrogen) atoms. The first kappa shape index (κ1) is 17.6. The van der Waals surface area contributed by atoms with Crippen molar-refractivity contribution in [1.82, 2.24) is 10.2 Å². The fourth-order valence-electron chi connectivity index (χ4n) is 2.34. The average molecular weight is 347 g/mol. The molecular formula is C14H19F2N3O3S. The Morgan fingerprint density at radius 1 is 1.26 bits per heavy atom. The maximum absolute atomic E-state index is 13.1. The molecule has 0 spiro atoms. The molecule has 1 aliphatic heterocycles. The zero-order chi connectivity index (χ0) is 17.3. The number of nitrogens with one attached hydrogen (secondary N) is 1. The van der Waals surface area contributed by atoms with Crippen LogP contribution in [0.5, 0.6) is 0 Å². The van der Waals surface area contributed by atoms with Crippen molar-refractivity contribution in [3.05, 3.63) is 29.8 Å². The lowest BCUT2D eigenvalue weighted by molar-refractivity contribution is -0.0470. The molecule has 0 radical (unpaired) electrons. The summed E-state index contributed by atoms with van der Waals surface area (Å²) in [7, 11) is -3.76. The molecule has 1 aromatic carbocycles. The third-order valence-electron chi connectivity index (χ3n) is 3.83. The lowest BCUT2D eigenvalue weighted by Crippen LogP contribution is -2.47. The van der Waals surface area contributed by atoms with Crippen molar-refractivity contribution in [2.45, 2.75) is 36.6 Å². The van der Waals surface area contributed by atoms with Gasteiger partial charge in [0.2, 0.25) is 10.0 Å². The van der Waals surface area contributed by atoms with E-state index in [-0.39, 0.29) is 36.9 Å². The fraction of sp³-hybridized carbons (Fsp3) is 0.500. The number of nitrogens with two attached hydrogens (primary N) is 1. The van der Waals surface area contributed by atoms with Crippen LogP contribution in [0.2, 0.25) is 0 Å². The Morgan fingerprint density at radius 3 is 2.26 bits per heavy atom. The van der Waals surface area contributed by atoms with Gasteiger partial charge in [0.15, 0.2) is 0 Å². The van der Waals surface area contributed by atoms with E-state index in [4.69, 9.17) is 5.14 Å². The summed E-state index contributed by atoms with van der Waals surface area (Å²) < 4.78 is 48.6. The number of halogens is 2. The molecule has 6 nitrogen and oxygen atoms in total. The molecule has 0 unspecified atom stereocenters. The normalized spacial score (nSPS) is 19.2. The highest BCUT2D eigenvalue weighted by atomic mass is 32.2. The quantitative estimate of drug-likeness (QED) is 0.874. The molecule has 0 bridgehead atoms. The second-order valence-corrected chi connectivity index (χ2v) is 7.19. The molecule has 9 heteroatoms. The van der Waals surface area contributed by atoms with Gasteiger partial charge in [-0.3, -0.25) is 0 Å². The third-order valence-corrected chi connectivity index (χ3v) is 4.76. The third kappa shape index (κ3) is 4.61. The average Bonchev–Trinajstić information content (AvgIpc) is 2.46. The standard InChI is InChI=1S/C14H19F2N3O3S/c1-10(11-2-4-12(5-3-11)23(17,21)22)18-13(20)19-8-6-14(15,16)7-9-19/h2-5,10H,6-9H2,1H3,(H,18,20)(H2,17,21,22)/t10-/m0/s1. The number of piperidine rings is 1. The Hall–Kier alpha value is -1.74. The summed E-state index contributed by atoms with van der Waals surface area (Å²) in [5, 5.41) is 7.73. The van der Waals surface area contributed by atoms with Crippen LogP contribution in [0, 0.1) is 0 Å². The number of sulfonamides is 1. The van der Waals surface area contributed by atoms with E-state index in [9.17, 15) is 22.0 Å². The SMILES string of the molecule is C[C@H](NC(=O)N1CCC(F)(F)CC1)c1ccc(S(N)(=O)=O)cc1. The number of likely N-dealkylation sites (tertiary alicyclic amines) is 1. The van der Waals surface area contributed by atoms with Crippen LogP contribution in [0.3, 0.4) is 0 Å². The van der Waals surface area contributed by atoms with Gasteiger partial charge in [-0.2, -0.15) is 0 Å². The van der Waals surface area contributed by atoms with Crippen molar-refractivity contribution in [1.29, 1.82) is 0 Å². The number of rotatable bonds is 3. The predicted octanol–water partition coefficient (Wildman–Crippen LogP) is 1.84. The summed E-state index contributed by atoms with van der Waals surface area (Å²) in [4.78, 5) is 13.4. The Morgan fingerprint density at radius 2 is 1.78 bits per heavy atom. The maximum Gasteiger partial charge on any atom is 0.317 e. The lowest BCUT2D eigenvalue weighted by Gasteiger charge is -2.32. The zero-order valence-electron chi connectivity index (χ0n) is 12.6. The molecule has 1 heterocycles. The molecule has 0 aliphatic carbocycles. The van der Waals surface area contributed by atoms with Gasteiger partial charge < -0.3 is 10.2 Å². The first-order chi connectivity index (χ1) is 10.6. The van der Waals surface area contributed by atoms with Crippen molar-refractivity contribution in [2.24, 2.45) is 5.14 Å². The van der Waals surface area contributed by atoms with Crippen molar-refractivity contribution in [3.63, 3.8) is 0 Å². The number of hydrogen-bond acceptors (Lipinski definition) is 3. The largest absolute Gasteiger partial charge is 0.331 e. The van der Waals surface area contributed by atoms with Crippen molar-refractivity contribution in [3.8, 4) is 0 Å². The molecule has 128 valence electrons. The number of hydrogen-bond donors (Lipinski definition) is 2. The topological polar surface area (TPSA) is 92.5 Å². The van der Waals surface area contributed by atoms with E-state index in [0.29, 0.717) is 5.56 Å². The minimum atomic E-state index is -3.76. The molecule has 1 aromatic rings. The van der Waals surface area contributed by atoms with E-state index in [0.717, 1.165) is 0 Å². The highest BCUT2D eigenvalue weighted by molar-refractivity contribution is 7.89. The molecular weight excluding hydrogens is 328 g/mol. The second kappa shape index (κ2) is 6.40. The monoisotopic (exact) mass is 347 g/mol. The van der Waals surface area contributed by atoms with Crippen LogP contribution in [0.4, 0.5) is 13.6 Å². The zero-order valence-corrected chi connectivity index (χ0v) is 13.4. The van der Waals surface area contributed by atoms with E-state index in [1.807, 2.05) is 0 Å². The van der Waals surface area contributed by atoms with Gasteiger partial charge in [0, 0.05) is 25.9 Å². The molecule has 1 fully saturated rings. The minimum Gasteiger partial charge on any atom is -0.331 e. The lowest BCUT2D eigenvalue weighted by atomic mass is 10.1. The van der Waals surface area contributed by atoms with E-state index in [2.05, 4.69) is 5.32 Å². The Bertz CT molecular complexity index is 667. The van der Waals surface area contributed by atoms with Gasteiger partial charge in [0.05, 0.1) is 10.9 Å². The van der Waals surface area contributed by atoms with Crippen LogP contribution < -0.4 is 10.5 Å². The van der Waals surface area contributed by atoms with E-state index in [1.54, 1.807) is 19.1 Å². The van der Waals surface area contributed by atoms with Crippen molar-refractivity contribution < 1.29 is 22.0 Å². The summed E-state index contributed by atoms with van der Waals surface area (Å²) >= 11 is 0. The fourth-order valence-corrected chi connectivity index (χ4v) is 2.86. The smallest absolute Gasteiger partial charge is 0.317 e. The Labute approximate surface area is 133 Å². The van der Waals surface area contributed by atoms with Gasteiger partial charge in [0.25, 0.3) is 5.92 Å². The number of alkyl halides is 2. The molecule has 1 atom stereocenters. The number of nitrogens with zero attached hydrogens (tertiary/aromatic N) is 1. The van der Waals surface area contributed by atoms with Gasteiger partial charge in [-0.1, -0.05) is 12.1 Å². The maximum atomic E-state index is 13.1. The van der Waals surface area contributed by atoms with Gasteiger partial charge in [0.1, 0.15) is 0 Å². The van der Waals surface area contributed by atoms with Gasteiger partial charge in [-0.25, -0.2) is 27.1 Å². The molecule has 3 N–H and O–H groups in total. The number of carbonyl (C=O) groups is 1. The Kier molecular flexibility index (Phi) is 4.90. The van der Waals surface area contributed by atoms with Crippen molar-refractivity contribution in [2.75, 3.05) is 13.1 Å². The first-order valence-electron chi connectivity index (χ1n) is 7.14. The molecule has 0 saturated carbocycles. The first-order valence-corrected chi connectivity index (χ1v) is 8.69. The summed E-state index contributed by atoms with van der Waals surface area (Å²) in [6, 6.07) is 5.01. The highest BCUT2D eigenvalue weighted by Gasteiger charge is 2.35. The van der Waals surface area contributed by atoms with Gasteiger partial charge in [-0.05, 0) is 24.6 Å².